The first-order chi connectivity index (χ1) is 7.38. The van der Waals surface area contributed by atoms with E-state index in [1.807, 2.05) is 24.3 Å². The summed E-state index contributed by atoms with van der Waals surface area (Å²) in [5.74, 6) is 0. The minimum absolute atomic E-state index is 0.514. The van der Waals surface area contributed by atoms with Crippen molar-refractivity contribution in [3.63, 3.8) is 0 Å². The second-order valence-electron chi connectivity index (χ2n) is 2.97. The van der Waals surface area contributed by atoms with Crippen LogP contribution in [0.1, 0.15) is 4.88 Å². The molecule has 0 saturated carbocycles. The van der Waals surface area contributed by atoms with Gasteiger partial charge in [-0.15, -0.1) is 11.3 Å². The van der Waals surface area contributed by atoms with Gasteiger partial charge in [0, 0.05) is 9.77 Å². The molecule has 0 fully saturated rings. The normalized spacial score (nSPS) is 10.5. The molecule has 2 nitrogen and oxygen atoms in total. The molecule has 78 valence electrons. The fraction of sp³-hybridized carbons (Fsp3) is 0.0909. The van der Waals surface area contributed by atoms with Crippen molar-refractivity contribution in [1.82, 2.24) is 5.48 Å². The second kappa shape index (κ2) is 5.32. The van der Waals surface area contributed by atoms with Crippen LogP contribution in [0.25, 0.3) is 0 Å². The van der Waals surface area contributed by atoms with Crippen molar-refractivity contribution in [3.05, 3.63) is 47.3 Å². The van der Waals surface area contributed by atoms with Crippen molar-refractivity contribution < 1.29 is 5.21 Å². The van der Waals surface area contributed by atoms with Gasteiger partial charge in [-0.05, 0) is 24.3 Å². The third-order valence-corrected chi connectivity index (χ3v) is 4.08. The summed E-state index contributed by atoms with van der Waals surface area (Å²) in [4.78, 5) is 2.37. The lowest BCUT2D eigenvalue weighted by atomic mass is 10.4. The maximum absolute atomic E-state index is 8.57. The van der Waals surface area contributed by atoms with Crippen molar-refractivity contribution in [2.75, 3.05) is 0 Å². The molecule has 0 bridgehead atoms. The van der Waals surface area contributed by atoms with Crippen molar-refractivity contribution in [3.8, 4) is 0 Å². The third kappa shape index (κ3) is 3.07. The van der Waals surface area contributed by atoms with Gasteiger partial charge in [-0.2, -0.15) is 0 Å². The van der Waals surface area contributed by atoms with Gasteiger partial charge < -0.3 is 5.21 Å². The van der Waals surface area contributed by atoms with Crippen LogP contribution in [-0.4, -0.2) is 5.21 Å². The Morgan fingerprint density at radius 2 is 1.93 bits per heavy atom. The lowest BCUT2D eigenvalue weighted by Gasteiger charge is -1.96. The Morgan fingerprint density at radius 3 is 2.67 bits per heavy atom. The highest BCUT2D eigenvalue weighted by Gasteiger charge is 2.01. The van der Waals surface area contributed by atoms with E-state index in [9.17, 15) is 0 Å². The number of thiophene rings is 1. The molecule has 0 saturated heterocycles. The largest absolute Gasteiger partial charge is 0.316 e. The molecule has 0 spiro atoms. The summed E-state index contributed by atoms with van der Waals surface area (Å²) in [7, 11) is 0. The molecule has 2 N–H and O–H groups in total. The number of hydrogen-bond donors (Lipinski definition) is 2. The van der Waals surface area contributed by atoms with E-state index in [0.29, 0.717) is 6.54 Å². The summed E-state index contributed by atoms with van der Waals surface area (Å²) in [6.07, 6.45) is 0. The van der Waals surface area contributed by atoms with E-state index in [4.69, 9.17) is 5.21 Å². The van der Waals surface area contributed by atoms with Gasteiger partial charge in [-0.25, -0.2) is 5.48 Å². The zero-order valence-electron chi connectivity index (χ0n) is 8.01. The topological polar surface area (TPSA) is 32.3 Å². The Balaban J connectivity index is 2.05. The molecule has 0 aliphatic carbocycles. The van der Waals surface area contributed by atoms with E-state index < -0.39 is 0 Å². The van der Waals surface area contributed by atoms with Gasteiger partial charge in [0.15, 0.2) is 0 Å². The highest BCUT2D eigenvalue weighted by Crippen LogP contribution is 2.33. The lowest BCUT2D eigenvalue weighted by Crippen LogP contribution is -2.03. The average molecular weight is 237 g/mol. The minimum Gasteiger partial charge on any atom is -0.316 e. The first-order valence-electron chi connectivity index (χ1n) is 4.57. The summed E-state index contributed by atoms with van der Waals surface area (Å²) in [6, 6.07) is 14.4. The van der Waals surface area contributed by atoms with Crippen LogP contribution >= 0.6 is 23.1 Å². The standard InChI is InChI=1S/C11H11NOS2/c13-12-8-10-6-7-11(15-10)14-9-4-2-1-3-5-9/h1-7,12-13H,8H2. The summed E-state index contributed by atoms with van der Waals surface area (Å²) in [5.41, 5.74) is 2.16. The smallest absolute Gasteiger partial charge is 0.0649 e. The molecule has 15 heavy (non-hydrogen) atoms. The summed E-state index contributed by atoms with van der Waals surface area (Å²) < 4.78 is 1.24. The Morgan fingerprint density at radius 1 is 1.13 bits per heavy atom. The summed E-state index contributed by atoms with van der Waals surface area (Å²) >= 11 is 3.44. The van der Waals surface area contributed by atoms with Crippen LogP contribution < -0.4 is 5.48 Å². The number of benzene rings is 1. The van der Waals surface area contributed by atoms with Gasteiger partial charge >= 0.3 is 0 Å². The Labute approximate surface area is 96.9 Å². The summed E-state index contributed by atoms with van der Waals surface area (Å²) in [6.45, 7) is 0.514. The monoisotopic (exact) mass is 237 g/mol. The predicted molar refractivity (Wildman–Crippen MR) is 63.5 cm³/mol. The van der Waals surface area contributed by atoms with E-state index in [1.165, 1.54) is 9.10 Å². The molecule has 2 aromatic rings. The van der Waals surface area contributed by atoms with Crippen molar-refractivity contribution in [2.45, 2.75) is 15.6 Å². The average Bonchev–Trinajstić information content (AvgIpc) is 2.68. The predicted octanol–water partition coefficient (Wildman–Crippen LogP) is 3.38. The Kier molecular flexibility index (Phi) is 3.80. The van der Waals surface area contributed by atoms with Crippen LogP contribution in [0.4, 0.5) is 0 Å². The number of hydroxylamine groups is 1. The maximum atomic E-state index is 8.57. The van der Waals surface area contributed by atoms with Crippen molar-refractivity contribution in [1.29, 1.82) is 0 Å². The number of rotatable bonds is 4. The van der Waals surface area contributed by atoms with Crippen LogP contribution in [-0.2, 0) is 6.54 Å². The molecular weight excluding hydrogens is 226 g/mol. The van der Waals surface area contributed by atoms with E-state index in [1.54, 1.807) is 23.1 Å². The van der Waals surface area contributed by atoms with Crippen LogP contribution in [0.15, 0.2) is 51.6 Å². The maximum Gasteiger partial charge on any atom is 0.0649 e. The fourth-order valence-electron chi connectivity index (χ4n) is 1.19. The number of hydrogen-bond acceptors (Lipinski definition) is 4. The van der Waals surface area contributed by atoms with E-state index in [-0.39, 0.29) is 0 Å². The van der Waals surface area contributed by atoms with Crippen LogP contribution in [0, 0.1) is 0 Å². The first-order valence-corrected chi connectivity index (χ1v) is 6.20. The molecule has 0 atom stereocenters. The van der Waals surface area contributed by atoms with Gasteiger partial charge in [0.05, 0.1) is 10.8 Å². The lowest BCUT2D eigenvalue weighted by molar-refractivity contribution is 0.162. The molecule has 1 aromatic heterocycles. The van der Waals surface area contributed by atoms with E-state index in [0.717, 1.165) is 4.88 Å². The van der Waals surface area contributed by atoms with Crippen molar-refractivity contribution >= 4 is 23.1 Å². The molecule has 0 unspecified atom stereocenters. The Bertz CT molecular complexity index is 414. The second-order valence-corrected chi connectivity index (χ2v) is 5.51. The zero-order valence-corrected chi connectivity index (χ0v) is 9.65. The van der Waals surface area contributed by atoms with E-state index >= 15 is 0 Å². The third-order valence-electron chi connectivity index (χ3n) is 1.85. The quantitative estimate of drug-likeness (QED) is 0.800. The van der Waals surface area contributed by atoms with Gasteiger partial charge in [0.2, 0.25) is 0 Å². The zero-order chi connectivity index (χ0) is 10.5. The van der Waals surface area contributed by atoms with Gasteiger partial charge in [0.1, 0.15) is 0 Å². The fourth-order valence-corrected chi connectivity index (χ4v) is 3.30. The minimum atomic E-state index is 0.514. The van der Waals surface area contributed by atoms with Gasteiger partial charge in [-0.1, -0.05) is 30.0 Å². The Hall–Kier alpha value is -0.810. The molecule has 4 heteroatoms. The van der Waals surface area contributed by atoms with Crippen molar-refractivity contribution in [2.24, 2.45) is 0 Å². The van der Waals surface area contributed by atoms with Gasteiger partial charge in [0.25, 0.3) is 0 Å². The molecule has 0 aliphatic heterocycles. The van der Waals surface area contributed by atoms with Crippen LogP contribution in [0.5, 0.6) is 0 Å². The molecule has 2 rings (SSSR count). The van der Waals surface area contributed by atoms with Crippen LogP contribution in [0.3, 0.4) is 0 Å². The highest BCUT2D eigenvalue weighted by atomic mass is 32.2. The number of nitrogens with one attached hydrogen (secondary N) is 1. The molecular formula is C11H11NOS2. The van der Waals surface area contributed by atoms with E-state index in [2.05, 4.69) is 23.7 Å². The first kappa shape index (κ1) is 10.7. The summed E-state index contributed by atoms with van der Waals surface area (Å²) in [5, 5.41) is 8.57. The SMILES string of the molecule is ONCc1ccc(Sc2ccccc2)s1. The highest BCUT2D eigenvalue weighted by molar-refractivity contribution is 8.01. The van der Waals surface area contributed by atoms with Gasteiger partial charge in [-0.3, -0.25) is 0 Å². The van der Waals surface area contributed by atoms with Crippen LogP contribution in [0.2, 0.25) is 0 Å². The molecule has 0 radical (unpaired) electrons. The molecule has 1 aromatic carbocycles. The molecule has 0 aliphatic rings. The molecule has 0 amide bonds. The molecule has 1 heterocycles.